The summed E-state index contributed by atoms with van der Waals surface area (Å²) in [6.45, 7) is 1.96. The van der Waals surface area contributed by atoms with Crippen molar-refractivity contribution in [2.45, 2.75) is 5.92 Å². The monoisotopic (exact) mass is 234 g/mol. The van der Waals surface area contributed by atoms with Gasteiger partial charge in [0.15, 0.2) is 0 Å². The first-order chi connectivity index (χ1) is 7.83. The predicted molar refractivity (Wildman–Crippen MR) is 62.6 cm³/mol. The van der Waals surface area contributed by atoms with Gasteiger partial charge in [-0.1, -0.05) is 11.6 Å². The Bertz CT molecular complexity index is 488. The van der Waals surface area contributed by atoms with E-state index in [0.29, 0.717) is 11.8 Å². The van der Waals surface area contributed by atoms with E-state index in [2.05, 4.69) is 10.3 Å². The highest BCUT2D eigenvalue weighted by Gasteiger charge is 2.23. The lowest BCUT2D eigenvalue weighted by atomic mass is 10.0. The van der Waals surface area contributed by atoms with Crippen molar-refractivity contribution in [2.24, 2.45) is 0 Å². The topological polar surface area (TPSA) is 38.1 Å². The highest BCUT2D eigenvalue weighted by atomic mass is 35.5. The lowest BCUT2D eigenvalue weighted by molar-refractivity contribution is 0.373. The summed E-state index contributed by atoms with van der Waals surface area (Å²) in [6, 6.07) is 7.51. The molecule has 0 saturated carbocycles. The molecule has 0 unspecified atom stereocenters. The molecule has 2 aromatic rings. The first kappa shape index (κ1) is 9.87. The third-order valence-corrected chi connectivity index (χ3v) is 3.05. The van der Waals surface area contributed by atoms with Gasteiger partial charge in [0.2, 0.25) is 5.89 Å². The van der Waals surface area contributed by atoms with Crippen LogP contribution in [0.5, 0.6) is 0 Å². The third kappa shape index (κ3) is 1.72. The van der Waals surface area contributed by atoms with Gasteiger partial charge in [-0.25, -0.2) is 4.98 Å². The molecular formula is C12H11ClN2O. The summed E-state index contributed by atoms with van der Waals surface area (Å²) in [6.07, 6.45) is 1.81. The van der Waals surface area contributed by atoms with Crippen LogP contribution in [-0.4, -0.2) is 18.1 Å². The van der Waals surface area contributed by atoms with E-state index in [0.717, 1.165) is 29.4 Å². The van der Waals surface area contributed by atoms with Crippen LogP contribution in [0.2, 0.25) is 5.02 Å². The first-order valence-electron chi connectivity index (χ1n) is 5.25. The Labute approximate surface area is 98.4 Å². The molecule has 0 aliphatic carbocycles. The van der Waals surface area contributed by atoms with Crippen LogP contribution < -0.4 is 5.32 Å². The molecular weight excluding hydrogens is 224 g/mol. The third-order valence-electron chi connectivity index (χ3n) is 2.80. The van der Waals surface area contributed by atoms with Crippen molar-refractivity contribution >= 4 is 11.6 Å². The molecule has 1 aliphatic heterocycles. The zero-order valence-corrected chi connectivity index (χ0v) is 9.37. The Morgan fingerprint density at radius 2 is 2.00 bits per heavy atom. The van der Waals surface area contributed by atoms with E-state index in [1.54, 1.807) is 0 Å². The molecule has 3 nitrogen and oxygen atoms in total. The van der Waals surface area contributed by atoms with Crippen molar-refractivity contribution < 1.29 is 4.42 Å². The van der Waals surface area contributed by atoms with Crippen LogP contribution in [0.1, 0.15) is 11.7 Å². The Morgan fingerprint density at radius 1 is 1.25 bits per heavy atom. The zero-order valence-electron chi connectivity index (χ0n) is 8.61. The van der Waals surface area contributed by atoms with Gasteiger partial charge in [-0.15, -0.1) is 0 Å². The second kappa shape index (κ2) is 3.92. The summed E-state index contributed by atoms with van der Waals surface area (Å²) in [5.74, 6) is 2.11. The van der Waals surface area contributed by atoms with E-state index >= 15 is 0 Å². The average molecular weight is 235 g/mol. The second-order valence-corrected chi connectivity index (χ2v) is 4.37. The number of aromatic nitrogens is 1. The van der Waals surface area contributed by atoms with Crippen LogP contribution in [0.15, 0.2) is 34.9 Å². The molecule has 1 saturated heterocycles. The maximum absolute atomic E-state index is 5.83. The summed E-state index contributed by atoms with van der Waals surface area (Å²) < 4.78 is 5.72. The number of benzene rings is 1. The molecule has 1 fully saturated rings. The van der Waals surface area contributed by atoms with Gasteiger partial charge in [-0.05, 0) is 24.3 Å². The van der Waals surface area contributed by atoms with E-state index in [9.17, 15) is 0 Å². The molecule has 4 heteroatoms. The van der Waals surface area contributed by atoms with Gasteiger partial charge in [-0.3, -0.25) is 0 Å². The molecule has 0 amide bonds. The maximum atomic E-state index is 5.83. The summed E-state index contributed by atoms with van der Waals surface area (Å²) in [5.41, 5.74) is 0.961. The average Bonchev–Trinajstić information content (AvgIpc) is 2.65. The summed E-state index contributed by atoms with van der Waals surface area (Å²) in [7, 11) is 0. The fourth-order valence-corrected chi connectivity index (χ4v) is 1.82. The fourth-order valence-electron chi connectivity index (χ4n) is 1.69. The highest BCUT2D eigenvalue weighted by Crippen LogP contribution is 2.26. The standard InChI is InChI=1S/C12H11ClN2O/c13-10-3-1-8(2-4-10)12-15-7-11(16-12)9-5-14-6-9/h1-4,7,9,14H,5-6H2. The Hall–Kier alpha value is -1.32. The minimum absolute atomic E-state index is 0.480. The molecule has 82 valence electrons. The number of nitrogens with one attached hydrogen (secondary N) is 1. The van der Waals surface area contributed by atoms with Crippen molar-refractivity contribution in [1.82, 2.24) is 10.3 Å². The molecule has 1 aromatic heterocycles. The molecule has 16 heavy (non-hydrogen) atoms. The molecule has 1 aliphatic rings. The van der Waals surface area contributed by atoms with Gasteiger partial charge in [0.05, 0.1) is 6.20 Å². The predicted octanol–water partition coefficient (Wildman–Crippen LogP) is 2.68. The van der Waals surface area contributed by atoms with E-state index in [1.807, 2.05) is 30.5 Å². The minimum atomic E-state index is 0.480. The summed E-state index contributed by atoms with van der Waals surface area (Å²) >= 11 is 5.83. The summed E-state index contributed by atoms with van der Waals surface area (Å²) in [4.78, 5) is 4.28. The largest absolute Gasteiger partial charge is 0.441 e. The second-order valence-electron chi connectivity index (χ2n) is 3.93. The highest BCUT2D eigenvalue weighted by molar-refractivity contribution is 6.30. The van der Waals surface area contributed by atoms with Gasteiger partial charge in [0, 0.05) is 29.6 Å². The van der Waals surface area contributed by atoms with Crippen molar-refractivity contribution in [3.63, 3.8) is 0 Å². The number of nitrogens with zero attached hydrogens (tertiary/aromatic N) is 1. The first-order valence-corrected chi connectivity index (χ1v) is 5.63. The van der Waals surface area contributed by atoms with Crippen molar-refractivity contribution in [3.05, 3.63) is 41.2 Å². The molecule has 1 N–H and O–H groups in total. The van der Waals surface area contributed by atoms with Crippen LogP contribution in [-0.2, 0) is 0 Å². The fraction of sp³-hybridized carbons (Fsp3) is 0.250. The molecule has 3 rings (SSSR count). The van der Waals surface area contributed by atoms with Crippen molar-refractivity contribution in [2.75, 3.05) is 13.1 Å². The van der Waals surface area contributed by atoms with Gasteiger partial charge >= 0.3 is 0 Å². The van der Waals surface area contributed by atoms with Crippen LogP contribution in [0, 0.1) is 0 Å². The lowest BCUT2D eigenvalue weighted by Gasteiger charge is -2.24. The van der Waals surface area contributed by atoms with Crippen LogP contribution in [0.3, 0.4) is 0 Å². The van der Waals surface area contributed by atoms with Crippen LogP contribution in [0.25, 0.3) is 11.5 Å². The molecule has 0 bridgehead atoms. The van der Waals surface area contributed by atoms with Gasteiger partial charge in [0.1, 0.15) is 5.76 Å². The van der Waals surface area contributed by atoms with Gasteiger partial charge in [0.25, 0.3) is 0 Å². The van der Waals surface area contributed by atoms with E-state index in [4.69, 9.17) is 16.0 Å². The van der Waals surface area contributed by atoms with Crippen molar-refractivity contribution in [1.29, 1.82) is 0 Å². The zero-order chi connectivity index (χ0) is 11.0. The number of halogens is 1. The molecule has 2 heterocycles. The lowest BCUT2D eigenvalue weighted by Crippen LogP contribution is -2.39. The van der Waals surface area contributed by atoms with Gasteiger partial charge in [-0.2, -0.15) is 0 Å². The molecule has 0 radical (unpaired) electrons. The maximum Gasteiger partial charge on any atom is 0.226 e. The minimum Gasteiger partial charge on any atom is -0.441 e. The number of oxazole rings is 1. The number of rotatable bonds is 2. The molecule has 0 spiro atoms. The molecule has 0 atom stereocenters. The smallest absolute Gasteiger partial charge is 0.226 e. The quantitative estimate of drug-likeness (QED) is 0.868. The molecule has 1 aromatic carbocycles. The SMILES string of the molecule is Clc1ccc(-c2ncc(C3CNC3)o2)cc1. The normalized spacial score (nSPS) is 16.1. The van der Waals surface area contributed by atoms with E-state index in [-0.39, 0.29) is 0 Å². The number of hydrogen-bond acceptors (Lipinski definition) is 3. The Kier molecular flexibility index (Phi) is 2.42. The number of hydrogen-bond donors (Lipinski definition) is 1. The van der Waals surface area contributed by atoms with Crippen LogP contribution >= 0.6 is 11.6 Å². The Balaban J connectivity index is 1.88. The van der Waals surface area contributed by atoms with E-state index < -0.39 is 0 Å². The summed E-state index contributed by atoms with van der Waals surface area (Å²) in [5, 5.41) is 3.93. The van der Waals surface area contributed by atoms with Crippen molar-refractivity contribution in [3.8, 4) is 11.5 Å². The van der Waals surface area contributed by atoms with E-state index in [1.165, 1.54) is 0 Å². The van der Waals surface area contributed by atoms with Crippen LogP contribution in [0.4, 0.5) is 0 Å². The van der Waals surface area contributed by atoms with Gasteiger partial charge < -0.3 is 9.73 Å². The Morgan fingerprint density at radius 3 is 2.62 bits per heavy atom.